The van der Waals surface area contributed by atoms with Crippen molar-refractivity contribution in [3.8, 4) is 0 Å². The Morgan fingerprint density at radius 2 is 1.54 bits per heavy atom. The lowest BCUT2D eigenvalue weighted by atomic mass is 10.5. The zero-order chi connectivity index (χ0) is 10.3. The molecule has 0 heterocycles. The van der Waals surface area contributed by atoms with Gasteiger partial charge in [0, 0.05) is 34.9 Å². The van der Waals surface area contributed by atoms with Crippen molar-refractivity contribution in [2.24, 2.45) is 0 Å². The van der Waals surface area contributed by atoms with E-state index in [-0.39, 0.29) is 12.5 Å². The van der Waals surface area contributed by atoms with Crippen LogP contribution in [0.25, 0.3) is 0 Å². The summed E-state index contributed by atoms with van der Waals surface area (Å²) >= 11 is 0. The highest BCUT2D eigenvalue weighted by Crippen LogP contribution is 2.47. The van der Waals surface area contributed by atoms with Crippen LogP contribution in [0.15, 0.2) is 0 Å². The van der Waals surface area contributed by atoms with Crippen molar-refractivity contribution in [3.63, 3.8) is 0 Å². The van der Waals surface area contributed by atoms with Gasteiger partial charge in [0.2, 0.25) is 0 Å². The standard InChI is InChI=1S/C7H17O5P/c1-9-7(10-2)5-6-13(8,11-3)12-4/h7H,5-6H2,1-4H3. The molecule has 0 atom stereocenters. The summed E-state index contributed by atoms with van der Waals surface area (Å²) in [4.78, 5) is 0. The lowest BCUT2D eigenvalue weighted by Gasteiger charge is -2.17. The number of hydrogen-bond donors (Lipinski definition) is 0. The normalized spacial score (nSPS) is 12.4. The van der Waals surface area contributed by atoms with Gasteiger partial charge in [0.05, 0.1) is 6.16 Å². The maximum absolute atomic E-state index is 11.5. The van der Waals surface area contributed by atoms with E-state index >= 15 is 0 Å². The zero-order valence-electron chi connectivity index (χ0n) is 8.48. The number of methoxy groups -OCH3 is 2. The highest BCUT2D eigenvalue weighted by atomic mass is 31.2. The van der Waals surface area contributed by atoms with Crippen molar-refractivity contribution in [2.45, 2.75) is 12.7 Å². The van der Waals surface area contributed by atoms with Crippen molar-refractivity contribution in [1.29, 1.82) is 0 Å². The summed E-state index contributed by atoms with van der Waals surface area (Å²) in [6.45, 7) is 0. The van der Waals surface area contributed by atoms with Gasteiger partial charge < -0.3 is 18.5 Å². The minimum atomic E-state index is -2.92. The van der Waals surface area contributed by atoms with E-state index in [4.69, 9.17) is 18.5 Å². The summed E-state index contributed by atoms with van der Waals surface area (Å²) in [5, 5.41) is 0. The summed E-state index contributed by atoms with van der Waals surface area (Å²) in [5.74, 6) is 0. The summed E-state index contributed by atoms with van der Waals surface area (Å²) in [7, 11) is 2.85. The molecule has 0 aliphatic heterocycles. The molecule has 0 radical (unpaired) electrons. The van der Waals surface area contributed by atoms with Gasteiger partial charge in [0.15, 0.2) is 6.29 Å². The van der Waals surface area contributed by atoms with E-state index in [2.05, 4.69) is 0 Å². The molecule has 13 heavy (non-hydrogen) atoms. The second-order valence-electron chi connectivity index (χ2n) is 2.39. The highest BCUT2D eigenvalue weighted by molar-refractivity contribution is 7.53. The van der Waals surface area contributed by atoms with Gasteiger partial charge in [-0.2, -0.15) is 0 Å². The molecular formula is C7H17O5P. The molecule has 0 saturated heterocycles. The van der Waals surface area contributed by atoms with Crippen molar-refractivity contribution in [1.82, 2.24) is 0 Å². The Hall–Kier alpha value is 0.0700. The van der Waals surface area contributed by atoms with Crippen LogP contribution in [0.4, 0.5) is 0 Å². The van der Waals surface area contributed by atoms with Gasteiger partial charge in [-0.05, 0) is 0 Å². The highest BCUT2D eigenvalue weighted by Gasteiger charge is 2.22. The Morgan fingerprint density at radius 1 is 1.08 bits per heavy atom. The smallest absolute Gasteiger partial charge is 0.330 e. The lowest BCUT2D eigenvalue weighted by molar-refractivity contribution is -0.103. The van der Waals surface area contributed by atoms with Crippen LogP contribution < -0.4 is 0 Å². The molecule has 0 spiro atoms. The van der Waals surface area contributed by atoms with Crippen molar-refractivity contribution < 1.29 is 23.1 Å². The quantitative estimate of drug-likeness (QED) is 0.472. The Balaban J connectivity index is 3.91. The lowest BCUT2D eigenvalue weighted by Crippen LogP contribution is -2.15. The first-order valence-corrected chi connectivity index (χ1v) is 5.60. The monoisotopic (exact) mass is 212 g/mol. The molecule has 0 aromatic heterocycles. The van der Waals surface area contributed by atoms with Gasteiger partial charge in [0.25, 0.3) is 0 Å². The third-order valence-corrected chi connectivity index (χ3v) is 3.64. The predicted octanol–water partition coefficient (Wildman–Crippen LogP) is 1.48. The maximum atomic E-state index is 11.5. The fraction of sp³-hybridized carbons (Fsp3) is 1.00. The summed E-state index contributed by atoms with van der Waals surface area (Å²) in [6.07, 6.45) is 0.400. The molecule has 0 aliphatic rings. The van der Waals surface area contributed by atoms with Crippen LogP contribution in [0, 0.1) is 0 Å². The average molecular weight is 212 g/mol. The van der Waals surface area contributed by atoms with Gasteiger partial charge >= 0.3 is 7.60 Å². The average Bonchev–Trinajstić information content (AvgIpc) is 2.19. The van der Waals surface area contributed by atoms with E-state index in [1.54, 1.807) is 0 Å². The Bertz CT molecular complexity index is 160. The molecule has 0 fully saturated rings. The van der Waals surface area contributed by atoms with Gasteiger partial charge in [-0.25, -0.2) is 0 Å². The number of rotatable bonds is 7. The van der Waals surface area contributed by atoms with Gasteiger partial charge in [-0.15, -0.1) is 0 Å². The molecule has 0 N–H and O–H groups in total. The number of ether oxygens (including phenoxy) is 2. The molecule has 5 nitrogen and oxygen atoms in total. The van der Waals surface area contributed by atoms with E-state index in [0.717, 1.165) is 0 Å². The van der Waals surface area contributed by atoms with Crippen LogP contribution in [0.5, 0.6) is 0 Å². The molecule has 0 aliphatic carbocycles. The first-order chi connectivity index (χ1) is 6.11. The predicted molar refractivity (Wildman–Crippen MR) is 48.9 cm³/mol. The van der Waals surface area contributed by atoms with Crippen molar-refractivity contribution in [3.05, 3.63) is 0 Å². The molecule has 0 rings (SSSR count). The van der Waals surface area contributed by atoms with E-state index in [1.807, 2.05) is 0 Å². The molecule has 0 aromatic rings. The van der Waals surface area contributed by atoms with E-state index < -0.39 is 7.60 Å². The molecule has 6 heteroatoms. The van der Waals surface area contributed by atoms with Crippen LogP contribution in [0.3, 0.4) is 0 Å². The van der Waals surface area contributed by atoms with Crippen molar-refractivity contribution >= 4 is 7.60 Å². The van der Waals surface area contributed by atoms with Crippen LogP contribution >= 0.6 is 7.60 Å². The SMILES string of the molecule is COC(CCP(=O)(OC)OC)OC. The second-order valence-corrected chi connectivity index (χ2v) is 4.79. The zero-order valence-corrected chi connectivity index (χ0v) is 9.37. The molecule has 0 unspecified atom stereocenters. The van der Waals surface area contributed by atoms with Crippen molar-refractivity contribution in [2.75, 3.05) is 34.6 Å². The van der Waals surface area contributed by atoms with Crippen LogP contribution in [0.1, 0.15) is 6.42 Å². The van der Waals surface area contributed by atoms with Gasteiger partial charge in [0.1, 0.15) is 0 Å². The molecule has 80 valence electrons. The van der Waals surface area contributed by atoms with E-state index in [1.165, 1.54) is 28.4 Å². The van der Waals surface area contributed by atoms with Gasteiger partial charge in [-0.3, -0.25) is 4.57 Å². The third kappa shape index (κ3) is 4.74. The molecule has 0 aromatic carbocycles. The Labute approximate surface area is 78.8 Å². The fourth-order valence-electron chi connectivity index (χ4n) is 0.853. The first-order valence-electron chi connectivity index (χ1n) is 3.88. The number of hydrogen-bond acceptors (Lipinski definition) is 5. The summed E-state index contributed by atoms with van der Waals surface area (Å²) < 4.78 is 30.9. The Kier molecular flexibility index (Phi) is 6.55. The summed E-state index contributed by atoms with van der Waals surface area (Å²) in [6, 6.07) is 0. The Morgan fingerprint density at radius 3 is 1.85 bits per heavy atom. The molecule has 0 amide bonds. The van der Waals surface area contributed by atoms with Crippen LogP contribution in [-0.4, -0.2) is 40.9 Å². The third-order valence-electron chi connectivity index (χ3n) is 1.72. The fourth-order valence-corrected chi connectivity index (χ4v) is 1.89. The van der Waals surface area contributed by atoms with E-state index in [0.29, 0.717) is 6.42 Å². The summed E-state index contributed by atoms with van der Waals surface area (Å²) in [5.41, 5.74) is 0. The van der Waals surface area contributed by atoms with Gasteiger partial charge in [-0.1, -0.05) is 0 Å². The molecule has 0 saturated carbocycles. The first kappa shape index (κ1) is 13.1. The minimum Gasteiger partial charge on any atom is -0.356 e. The molecule has 0 bridgehead atoms. The maximum Gasteiger partial charge on any atom is 0.330 e. The second kappa shape index (κ2) is 6.51. The molecular weight excluding hydrogens is 195 g/mol. The van der Waals surface area contributed by atoms with Crippen LogP contribution in [-0.2, 0) is 23.1 Å². The topological polar surface area (TPSA) is 54.0 Å². The van der Waals surface area contributed by atoms with E-state index in [9.17, 15) is 4.57 Å². The largest absolute Gasteiger partial charge is 0.356 e. The van der Waals surface area contributed by atoms with Crippen LogP contribution in [0.2, 0.25) is 0 Å². The minimum absolute atomic E-state index is 0.284.